The van der Waals surface area contributed by atoms with Gasteiger partial charge in [-0.25, -0.2) is 0 Å². The number of amidine groups is 1. The van der Waals surface area contributed by atoms with Crippen LogP contribution in [0.15, 0.2) is 29.4 Å². The third-order valence-corrected chi connectivity index (χ3v) is 3.69. The van der Waals surface area contributed by atoms with Gasteiger partial charge in [0.2, 0.25) is 0 Å². The predicted molar refractivity (Wildman–Crippen MR) is 72.7 cm³/mol. The van der Waals surface area contributed by atoms with Crippen LogP contribution in [0.4, 0.5) is 0 Å². The molecule has 1 aromatic carbocycles. The van der Waals surface area contributed by atoms with Gasteiger partial charge in [-0.2, -0.15) is 0 Å². The molecule has 1 aliphatic heterocycles. The van der Waals surface area contributed by atoms with Crippen LogP contribution in [-0.4, -0.2) is 28.5 Å². The minimum atomic E-state index is 0.172. The summed E-state index contributed by atoms with van der Waals surface area (Å²) >= 11 is 0. The van der Waals surface area contributed by atoms with E-state index >= 15 is 0 Å². The third-order valence-electron chi connectivity index (χ3n) is 3.69. The van der Waals surface area contributed by atoms with Crippen molar-refractivity contribution in [2.45, 2.75) is 38.8 Å². The maximum absolute atomic E-state index is 8.70. The first-order valence-electron chi connectivity index (χ1n) is 6.55. The van der Waals surface area contributed by atoms with E-state index in [0.717, 1.165) is 12.1 Å². The molecule has 1 saturated heterocycles. The zero-order chi connectivity index (χ0) is 13.0. The van der Waals surface area contributed by atoms with Crippen molar-refractivity contribution in [2.75, 3.05) is 6.54 Å². The second kappa shape index (κ2) is 5.87. The Bertz CT molecular complexity index is 431. The number of nitrogens with zero attached hydrogens (tertiary/aromatic N) is 2. The Morgan fingerprint density at radius 2 is 2.39 bits per heavy atom. The van der Waals surface area contributed by atoms with Gasteiger partial charge in [0.1, 0.15) is 0 Å². The van der Waals surface area contributed by atoms with Crippen molar-refractivity contribution < 1.29 is 5.21 Å². The fraction of sp³-hybridized carbons (Fsp3) is 0.500. The van der Waals surface area contributed by atoms with Crippen molar-refractivity contribution >= 4 is 5.84 Å². The van der Waals surface area contributed by atoms with Crippen molar-refractivity contribution in [3.8, 4) is 0 Å². The Morgan fingerprint density at radius 3 is 3.11 bits per heavy atom. The van der Waals surface area contributed by atoms with E-state index in [4.69, 9.17) is 10.9 Å². The average Bonchev–Trinajstić information content (AvgIpc) is 2.85. The Labute approximate surface area is 108 Å². The molecule has 0 aliphatic carbocycles. The average molecular weight is 247 g/mol. The number of likely N-dealkylation sites (tertiary alicyclic amines) is 1. The Morgan fingerprint density at radius 1 is 1.56 bits per heavy atom. The second-order valence-corrected chi connectivity index (χ2v) is 4.86. The molecule has 1 aromatic rings. The molecule has 4 nitrogen and oxygen atoms in total. The summed E-state index contributed by atoms with van der Waals surface area (Å²) in [6.45, 7) is 4.37. The Balaban J connectivity index is 2.10. The summed E-state index contributed by atoms with van der Waals surface area (Å²) in [5.74, 6) is 0.172. The lowest BCUT2D eigenvalue weighted by molar-refractivity contribution is 0.240. The first-order valence-corrected chi connectivity index (χ1v) is 6.55. The summed E-state index contributed by atoms with van der Waals surface area (Å²) in [6.07, 6.45) is 3.80. The van der Waals surface area contributed by atoms with Crippen LogP contribution in [0.25, 0.3) is 0 Å². The molecule has 0 bridgehead atoms. The molecule has 1 fully saturated rings. The van der Waals surface area contributed by atoms with Gasteiger partial charge in [0.05, 0.1) is 0 Å². The normalized spacial score (nSPS) is 21.4. The number of benzene rings is 1. The van der Waals surface area contributed by atoms with Crippen LogP contribution < -0.4 is 5.73 Å². The standard InChI is InChI=1S/C14H21N3O/c1-2-13-7-4-8-17(13)10-11-5-3-6-12(9-11)14(15)16-18/h3,5-6,9,13,18H,2,4,7-8,10H2,1H3,(H2,15,16). The minimum Gasteiger partial charge on any atom is -0.409 e. The molecule has 18 heavy (non-hydrogen) atoms. The maximum atomic E-state index is 8.70. The van der Waals surface area contributed by atoms with Crippen LogP contribution in [0.2, 0.25) is 0 Å². The lowest BCUT2D eigenvalue weighted by Gasteiger charge is -2.23. The van der Waals surface area contributed by atoms with E-state index < -0.39 is 0 Å². The summed E-state index contributed by atoms with van der Waals surface area (Å²) in [5, 5.41) is 11.7. The van der Waals surface area contributed by atoms with Crippen molar-refractivity contribution in [3.63, 3.8) is 0 Å². The lowest BCUT2D eigenvalue weighted by Crippen LogP contribution is -2.28. The molecular formula is C14H21N3O. The van der Waals surface area contributed by atoms with Crippen LogP contribution in [0, 0.1) is 0 Å². The van der Waals surface area contributed by atoms with Gasteiger partial charge in [0.15, 0.2) is 5.84 Å². The fourth-order valence-electron chi connectivity index (χ4n) is 2.69. The quantitative estimate of drug-likeness (QED) is 0.371. The summed E-state index contributed by atoms with van der Waals surface area (Å²) in [6, 6.07) is 8.62. The molecule has 0 saturated carbocycles. The number of nitrogens with two attached hydrogens (primary N) is 1. The highest BCUT2D eigenvalue weighted by atomic mass is 16.4. The summed E-state index contributed by atoms with van der Waals surface area (Å²) in [4.78, 5) is 2.52. The molecule has 1 atom stereocenters. The number of hydrogen-bond acceptors (Lipinski definition) is 3. The molecule has 2 rings (SSSR count). The van der Waals surface area contributed by atoms with E-state index in [1.54, 1.807) is 0 Å². The van der Waals surface area contributed by atoms with Gasteiger partial charge in [-0.1, -0.05) is 30.3 Å². The Hall–Kier alpha value is -1.55. The van der Waals surface area contributed by atoms with E-state index in [0.29, 0.717) is 6.04 Å². The summed E-state index contributed by atoms with van der Waals surface area (Å²) < 4.78 is 0. The molecule has 4 heteroatoms. The molecule has 3 N–H and O–H groups in total. The third kappa shape index (κ3) is 2.82. The SMILES string of the molecule is CCC1CCCN1Cc1cccc(/C(N)=N/O)c1. The largest absolute Gasteiger partial charge is 0.409 e. The monoisotopic (exact) mass is 247 g/mol. The van der Waals surface area contributed by atoms with Crippen LogP contribution >= 0.6 is 0 Å². The number of rotatable bonds is 4. The summed E-state index contributed by atoms with van der Waals surface area (Å²) in [7, 11) is 0. The van der Waals surface area contributed by atoms with Gasteiger partial charge in [0.25, 0.3) is 0 Å². The topological polar surface area (TPSA) is 61.8 Å². The zero-order valence-electron chi connectivity index (χ0n) is 10.8. The highest BCUT2D eigenvalue weighted by Gasteiger charge is 2.22. The smallest absolute Gasteiger partial charge is 0.170 e. The van der Waals surface area contributed by atoms with Crippen LogP contribution in [0.5, 0.6) is 0 Å². The van der Waals surface area contributed by atoms with E-state index in [2.05, 4.69) is 23.0 Å². The van der Waals surface area contributed by atoms with Crippen LogP contribution in [-0.2, 0) is 6.54 Å². The molecule has 0 radical (unpaired) electrons. The highest BCUT2D eigenvalue weighted by molar-refractivity contribution is 5.97. The molecule has 1 aliphatic rings. The van der Waals surface area contributed by atoms with E-state index in [-0.39, 0.29) is 5.84 Å². The van der Waals surface area contributed by atoms with Crippen LogP contribution in [0.3, 0.4) is 0 Å². The van der Waals surface area contributed by atoms with Gasteiger partial charge in [0, 0.05) is 18.2 Å². The highest BCUT2D eigenvalue weighted by Crippen LogP contribution is 2.22. The Kier molecular flexibility index (Phi) is 4.20. The number of hydrogen-bond donors (Lipinski definition) is 2. The van der Waals surface area contributed by atoms with Crippen molar-refractivity contribution in [2.24, 2.45) is 10.9 Å². The first-order chi connectivity index (χ1) is 8.74. The van der Waals surface area contributed by atoms with Crippen molar-refractivity contribution in [1.29, 1.82) is 0 Å². The predicted octanol–water partition coefficient (Wildman–Crippen LogP) is 2.16. The van der Waals surface area contributed by atoms with Gasteiger partial charge < -0.3 is 10.9 Å². The molecule has 1 unspecified atom stereocenters. The molecule has 0 spiro atoms. The fourth-order valence-corrected chi connectivity index (χ4v) is 2.69. The first kappa shape index (κ1) is 12.9. The van der Waals surface area contributed by atoms with Crippen molar-refractivity contribution in [3.05, 3.63) is 35.4 Å². The second-order valence-electron chi connectivity index (χ2n) is 4.86. The van der Waals surface area contributed by atoms with E-state index in [1.165, 1.54) is 31.4 Å². The zero-order valence-corrected chi connectivity index (χ0v) is 10.8. The van der Waals surface area contributed by atoms with E-state index in [9.17, 15) is 0 Å². The number of oxime groups is 1. The maximum Gasteiger partial charge on any atom is 0.170 e. The molecule has 0 aromatic heterocycles. The molecule has 98 valence electrons. The molecule has 1 heterocycles. The minimum absolute atomic E-state index is 0.172. The van der Waals surface area contributed by atoms with Gasteiger partial charge in [-0.15, -0.1) is 0 Å². The molecular weight excluding hydrogens is 226 g/mol. The van der Waals surface area contributed by atoms with Crippen LogP contribution in [0.1, 0.15) is 37.3 Å². The van der Waals surface area contributed by atoms with Gasteiger partial charge >= 0.3 is 0 Å². The van der Waals surface area contributed by atoms with Gasteiger partial charge in [-0.3, -0.25) is 4.90 Å². The molecule has 0 amide bonds. The summed E-state index contributed by atoms with van der Waals surface area (Å²) in [5.41, 5.74) is 7.61. The van der Waals surface area contributed by atoms with Crippen molar-refractivity contribution in [1.82, 2.24) is 4.90 Å². The van der Waals surface area contributed by atoms with Gasteiger partial charge in [-0.05, 0) is 37.4 Å². The van der Waals surface area contributed by atoms with E-state index in [1.807, 2.05) is 18.2 Å². The lowest BCUT2D eigenvalue weighted by atomic mass is 10.1.